The summed E-state index contributed by atoms with van der Waals surface area (Å²) in [5.74, 6) is 0.580. The number of amides is 1. The standard InChI is InChI=1S/C10H15NO2.C9H14N2O.C9H16N2.C8H11NO2.CH4.H2O4S/c1-4-13-10(12)8-5-9(7(2)3)11-6-8;1-6(2)8-4-7(5-11-8)9(12)10-3;1-7(2)9-4-8(5-10-3)6-11-9;1-5(2)7-3-6(4-9-7)8(10)11;;1-5(2,3)4/h5,7H,4,6H2,1-3H3;4,6H,5H2,1-3H3,(H,10,12);4,7,10H,5-6H2,1-3H3;3,5H,4H2,1-2H3,(H,10,11);1H4;(H2,1,2,3,4). The van der Waals surface area contributed by atoms with Crippen molar-refractivity contribution in [3.63, 3.8) is 0 Å². The molecule has 0 saturated carbocycles. The number of rotatable bonds is 10. The van der Waals surface area contributed by atoms with E-state index < -0.39 is 16.4 Å². The second kappa shape index (κ2) is 25.8. The van der Waals surface area contributed by atoms with Crippen LogP contribution in [0, 0.1) is 23.7 Å². The molecule has 4 aliphatic rings. The van der Waals surface area contributed by atoms with E-state index in [1.807, 2.05) is 33.0 Å². The molecule has 0 unspecified atom stereocenters. The molecule has 15 nitrogen and oxygen atoms in total. The van der Waals surface area contributed by atoms with Gasteiger partial charge in [-0.1, -0.05) is 62.8 Å². The number of aliphatic carboxylic acids is 1. The monoisotopic (exact) mass is 766 g/mol. The first-order chi connectivity index (χ1) is 24.1. The highest BCUT2D eigenvalue weighted by Crippen LogP contribution is 2.14. The summed E-state index contributed by atoms with van der Waals surface area (Å²) in [6.07, 6.45) is 7.58. The third kappa shape index (κ3) is 21.9. The van der Waals surface area contributed by atoms with E-state index in [1.165, 1.54) is 11.3 Å². The number of carbonyl (C=O) groups excluding carboxylic acids is 2. The summed E-state index contributed by atoms with van der Waals surface area (Å²) in [4.78, 5) is 49.8. The van der Waals surface area contributed by atoms with Crippen molar-refractivity contribution in [3.05, 3.63) is 46.6 Å². The molecule has 1 amide bonds. The second-order valence-corrected chi connectivity index (χ2v) is 13.9. The Balaban J connectivity index is 0. The number of ether oxygens (including phenoxy) is 1. The van der Waals surface area contributed by atoms with Gasteiger partial charge in [-0.2, -0.15) is 8.42 Å². The van der Waals surface area contributed by atoms with Crippen LogP contribution >= 0.6 is 0 Å². The minimum absolute atomic E-state index is 0. The van der Waals surface area contributed by atoms with Crippen LogP contribution in [0.25, 0.3) is 0 Å². The maximum absolute atomic E-state index is 11.2. The van der Waals surface area contributed by atoms with E-state index in [-0.39, 0.29) is 19.3 Å². The van der Waals surface area contributed by atoms with Gasteiger partial charge in [-0.3, -0.25) is 33.9 Å². The quantitative estimate of drug-likeness (QED) is 0.152. The van der Waals surface area contributed by atoms with Crippen LogP contribution in [0.2, 0.25) is 0 Å². The van der Waals surface area contributed by atoms with Crippen molar-refractivity contribution in [2.24, 2.45) is 43.6 Å². The van der Waals surface area contributed by atoms with E-state index in [0.717, 1.165) is 35.8 Å². The lowest BCUT2D eigenvalue weighted by molar-refractivity contribution is -0.138. The number of hydrogen-bond acceptors (Lipinski definition) is 11. The minimum Gasteiger partial charge on any atom is -0.478 e. The van der Waals surface area contributed by atoms with Crippen LogP contribution in [0.4, 0.5) is 0 Å². The van der Waals surface area contributed by atoms with Crippen LogP contribution in [0.3, 0.4) is 0 Å². The summed E-state index contributed by atoms with van der Waals surface area (Å²) in [5.41, 5.74) is 7.38. The van der Waals surface area contributed by atoms with E-state index in [9.17, 15) is 14.4 Å². The first-order valence-corrected chi connectivity index (χ1v) is 18.5. The first kappa shape index (κ1) is 51.0. The molecule has 0 fully saturated rings. The lowest BCUT2D eigenvalue weighted by Gasteiger charge is -2.00. The van der Waals surface area contributed by atoms with E-state index in [1.54, 1.807) is 20.0 Å². The second-order valence-electron chi connectivity index (χ2n) is 13.0. The van der Waals surface area contributed by atoms with Crippen LogP contribution in [0.1, 0.15) is 69.7 Å². The molecule has 0 aromatic carbocycles. The van der Waals surface area contributed by atoms with Gasteiger partial charge in [-0.05, 0) is 67.5 Å². The molecule has 4 heterocycles. The fourth-order valence-corrected chi connectivity index (χ4v) is 4.34. The fraction of sp³-hybridized carbons (Fsp3) is 0.595. The molecule has 4 aliphatic heterocycles. The molecule has 53 heavy (non-hydrogen) atoms. The van der Waals surface area contributed by atoms with Gasteiger partial charge in [0.15, 0.2) is 0 Å². The number of nitrogens with zero attached hydrogens (tertiary/aromatic N) is 4. The lowest BCUT2D eigenvalue weighted by atomic mass is 10.1. The van der Waals surface area contributed by atoms with Crippen molar-refractivity contribution in [2.75, 3.05) is 53.4 Å². The zero-order valence-corrected chi connectivity index (χ0v) is 33.2. The van der Waals surface area contributed by atoms with Crippen molar-refractivity contribution < 1.29 is 41.8 Å². The first-order valence-electron chi connectivity index (χ1n) is 17.1. The normalized spacial score (nSPS) is 15.6. The van der Waals surface area contributed by atoms with E-state index in [2.05, 4.69) is 78.2 Å². The van der Waals surface area contributed by atoms with Gasteiger partial charge in [0, 0.05) is 42.0 Å². The molecule has 0 aromatic heterocycles. The summed E-state index contributed by atoms with van der Waals surface area (Å²) < 4.78 is 36.5. The van der Waals surface area contributed by atoms with Crippen LogP contribution in [0.5, 0.6) is 0 Å². The van der Waals surface area contributed by atoms with Gasteiger partial charge in [-0.25, -0.2) is 9.59 Å². The van der Waals surface area contributed by atoms with Gasteiger partial charge in [0.05, 0.1) is 43.9 Å². The smallest absolute Gasteiger partial charge is 0.394 e. The Morgan fingerprint density at radius 1 is 0.698 bits per heavy atom. The summed E-state index contributed by atoms with van der Waals surface area (Å²) >= 11 is 0. The van der Waals surface area contributed by atoms with Gasteiger partial charge >= 0.3 is 22.3 Å². The van der Waals surface area contributed by atoms with E-state index in [4.69, 9.17) is 27.4 Å². The van der Waals surface area contributed by atoms with Gasteiger partial charge in [-0.15, -0.1) is 0 Å². The van der Waals surface area contributed by atoms with Crippen molar-refractivity contribution in [2.45, 2.75) is 69.7 Å². The van der Waals surface area contributed by atoms with Crippen LogP contribution in [0.15, 0.2) is 66.6 Å². The number of carboxylic acid groups (broad SMARTS) is 1. The maximum Gasteiger partial charge on any atom is 0.394 e. The van der Waals surface area contributed by atoms with Crippen molar-refractivity contribution >= 4 is 51.1 Å². The van der Waals surface area contributed by atoms with Crippen molar-refractivity contribution in [3.8, 4) is 0 Å². The molecule has 0 spiro atoms. The zero-order chi connectivity index (χ0) is 40.2. The number of allylic oxidation sites excluding steroid dienone is 4. The van der Waals surface area contributed by atoms with E-state index >= 15 is 0 Å². The number of likely N-dealkylation sites (N-methyl/N-ethyl adjacent to an activating group) is 2. The highest BCUT2D eigenvalue weighted by molar-refractivity contribution is 7.79. The third-order valence-electron chi connectivity index (χ3n) is 7.18. The Kier molecular flexibility index (Phi) is 24.8. The number of hydrogen-bond donors (Lipinski definition) is 5. The molecule has 0 radical (unpaired) electrons. The summed E-state index contributed by atoms with van der Waals surface area (Å²) in [6.45, 7) is 22.1. The van der Waals surface area contributed by atoms with Crippen LogP contribution in [-0.2, 0) is 29.5 Å². The number of aliphatic imine (C=N–C) groups is 4. The van der Waals surface area contributed by atoms with Crippen molar-refractivity contribution in [1.82, 2.24) is 10.6 Å². The molecule has 4 rings (SSSR count). The van der Waals surface area contributed by atoms with Gasteiger partial charge in [0.2, 0.25) is 5.91 Å². The molecule has 0 saturated heterocycles. The van der Waals surface area contributed by atoms with Crippen molar-refractivity contribution in [1.29, 1.82) is 0 Å². The predicted octanol–water partition coefficient (Wildman–Crippen LogP) is 4.69. The Hall–Kier alpha value is -4.12. The van der Waals surface area contributed by atoms with Gasteiger partial charge in [0.25, 0.3) is 0 Å². The topological polar surface area (TPSA) is 229 Å². The Morgan fingerprint density at radius 2 is 1.06 bits per heavy atom. The molecule has 0 aliphatic carbocycles. The summed E-state index contributed by atoms with van der Waals surface area (Å²) in [7, 11) is -1.06. The lowest BCUT2D eigenvalue weighted by Crippen LogP contribution is -2.20. The SMILES string of the molecule is C.CC(C)C1=NCC(C(=O)O)=C1.CCOC(=O)C1=CC(C(C)C)=NC1.CNC(=O)C1=CC(C(C)C)=NC1.CNCC1=CC(C(C)C)=NC1.O=S(=O)(O)O. The summed E-state index contributed by atoms with van der Waals surface area (Å²) in [5, 5.41) is 14.3. The molecule has 16 heteroatoms. The predicted molar refractivity (Wildman–Crippen MR) is 214 cm³/mol. The highest BCUT2D eigenvalue weighted by Gasteiger charge is 2.18. The van der Waals surface area contributed by atoms with Gasteiger partial charge < -0.3 is 20.5 Å². The molecule has 5 N–H and O–H groups in total. The largest absolute Gasteiger partial charge is 0.478 e. The number of carboxylic acids is 1. The average molecular weight is 767 g/mol. The average Bonchev–Trinajstić information content (AvgIpc) is 3.87. The molecular weight excluding hydrogens is 705 g/mol. The minimum atomic E-state index is -4.67. The fourth-order valence-electron chi connectivity index (χ4n) is 4.34. The highest BCUT2D eigenvalue weighted by atomic mass is 32.3. The number of nitrogens with one attached hydrogen (secondary N) is 2. The Labute approximate surface area is 316 Å². The van der Waals surface area contributed by atoms with Crippen LogP contribution in [-0.4, -0.2) is 117 Å². The molecular formula is C37H62N6O9S. The third-order valence-corrected chi connectivity index (χ3v) is 7.18. The zero-order valence-electron chi connectivity index (χ0n) is 32.3. The molecule has 0 bridgehead atoms. The molecule has 300 valence electrons. The number of carbonyl (C=O) groups is 3. The summed E-state index contributed by atoms with van der Waals surface area (Å²) in [6, 6.07) is 0. The Morgan fingerprint density at radius 3 is 1.38 bits per heavy atom. The maximum atomic E-state index is 11.2. The molecule has 0 aromatic rings. The van der Waals surface area contributed by atoms with Gasteiger partial charge in [0.1, 0.15) is 0 Å². The Bertz CT molecular complexity index is 1590. The van der Waals surface area contributed by atoms with Crippen LogP contribution < -0.4 is 10.6 Å². The number of esters is 1. The molecule has 0 atom stereocenters. The van der Waals surface area contributed by atoms with E-state index in [0.29, 0.717) is 61.1 Å².